The number of methoxy groups -OCH3 is 1. The van der Waals surface area contributed by atoms with Crippen molar-refractivity contribution in [3.63, 3.8) is 0 Å². The number of carbonyl (C=O) groups is 1. The molecular weight excluding hydrogens is 290 g/mol. The highest BCUT2D eigenvalue weighted by Crippen LogP contribution is 2.14. The van der Waals surface area contributed by atoms with Crippen molar-refractivity contribution in [1.82, 2.24) is 4.90 Å². The average molecular weight is 315 g/mol. The van der Waals surface area contributed by atoms with Gasteiger partial charge in [-0.05, 0) is 43.5 Å². The van der Waals surface area contributed by atoms with Crippen LogP contribution < -0.4 is 0 Å². The number of furan rings is 1. The number of rotatable bonds is 8. The lowest BCUT2D eigenvalue weighted by Gasteiger charge is -2.21. The summed E-state index contributed by atoms with van der Waals surface area (Å²) in [5, 5.41) is 0. The second kappa shape index (κ2) is 8.53. The third-order valence-corrected chi connectivity index (χ3v) is 3.95. The van der Waals surface area contributed by atoms with Crippen LogP contribution in [-0.2, 0) is 22.5 Å². The van der Waals surface area contributed by atoms with Crippen molar-refractivity contribution in [2.45, 2.75) is 33.2 Å². The molecule has 0 aliphatic heterocycles. The van der Waals surface area contributed by atoms with Gasteiger partial charge in [0.25, 0.3) is 0 Å². The van der Waals surface area contributed by atoms with Gasteiger partial charge in [0.2, 0.25) is 5.91 Å². The smallest absolute Gasteiger partial charge is 0.223 e. The summed E-state index contributed by atoms with van der Waals surface area (Å²) >= 11 is 0. The average Bonchev–Trinajstić information content (AvgIpc) is 3.03. The van der Waals surface area contributed by atoms with Crippen LogP contribution in [0.25, 0.3) is 0 Å². The minimum Gasteiger partial charge on any atom is -0.467 e. The number of ether oxygens (including phenoxy) is 1. The SMILES string of the molecule is COCCN(Cc1ccco1)C(=O)CCc1ccc(C)cc1C. The maximum Gasteiger partial charge on any atom is 0.223 e. The van der Waals surface area contributed by atoms with Crippen LogP contribution in [0, 0.1) is 13.8 Å². The fourth-order valence-corrected chi connectivity index (χ4v) is 2.61. The molecule has 0 N–H and O–H groups in total. The number of hydrogen-bond donors (Lipinski definition) is 0. The van der Waals surface area contributed by atoms with E-state index in [1.54, 1.807) is 18.3 Å². The maximum absolute atomic E-state index is 12.6. The molecule has 1 aromatic carbocycles. The third kappa shape index (κ3) is 5.25. The second-order valence-corrected chi connectivity index (χ2v) is 5.82. The lowest BCUT2D eigenvalue weighted by molar-refractivity contribution is -0.132. The van der Waals surface area contributed by atoms with Crippen molar-refractivity contribution in [2.24, 2.45) is 0 Å². The van der Waals surface area contributed by atoms with Crippen molar-refractivity contribution < 1.29 is 13.9 Å². The zero-order chi connectivity index (χ0) is 16.7. The topological polar surface area (TPSA) is 42.7 Å². The van der Waals surface area contributed by atoms with E-state index in [4.69, 9.17) is 9.15 Å². The molecular formula is C19H25NO3. The van der Waals surface area contributed by atoms with Gasteiger partial charge in [0, 0.05) is 20.1 Å². The lowest BCUT2D eigenvalue weighted by Crippen LogP contribution is -2.33. The first-order valence-electron chi connectivity index (χ1n) is 7.95. The van der Waals surface area contributed by atoms with Gasteiger partial charge in [-0.15, -0.1) is 0 Å². The molecule has 1 amide bonds. The Bertz CT molecular complexity index is 620. The number of hydrogen-bond acceptors (Lipinski definition) is 3. The molecule has 4 nitrogen and oxygen atoms in total. The third-order valence-electron chi connectivity index (χ3n) is 3.95. The molecule has 23 heavy (non-hydrogen) atoms. The Kier molecular flexibility index (Phi) is 6.41. The summed E-state index contributed by atoms with van der Waals surface area (Å²) in [7, 11) is 1.64. The summed E-state index contributed by atoms with van der Waals surface area (Å²) in [4.78, 5) is 14.4. The highest BCUT2D eigenvalue weighted by Gasteiger charge is 2.15. The van der Waals surface area contributed by atoms with Crippen LogP contribution >= 0.6 is 0 Å². The monoisotopic (exact) mass is 315 g/mol. The molecule has 0 radical (unpaired) electrons. The molecule has 1 heterocycles. The van der Waals surface area contributed by atoms with E-state index in [-0.39, 0.29) is 5.91 Å². The highest BCUT2D eigenvalue weighted by molar-refractivity contribution is 5.76. The van der Waals surface area contributed by atoms with E-state index in [2.05, 4.69) is 32.0 Å². The predicted molar refractivity (Wildman–Crippen MR) is 90.2 cm³/mol. The van der Waals surface area contributed by atoms with Crippen LogP contribution in [0.1, 0.15) is 28.9 Å². The van der Waals surface area contributed by atoms with Crippen molar-refractivity contribution in [2.75, 3.05) is 20.3 Å². The molecule has 0 saturated heterocycles. The van der Waals surface area contributed by atoms with Crippen LogP contribution in [-0.4, -0.2) is 31.1 Å². The number of amides is 1. The molecule has 0 atom stereocenters. The Labute approximate surface area is 138 Å². The summed E-state index contributed by atoms with van der Waals surface area (Å²) in [6.45, 7) is 5.76. The zero-order valence-corrected chi connectivity index (χ0v) is 14.2. The molecule has 0 unspecified atom stereocenters. The summed E-state index contributed by atoms with van der Waals surface area (Å²) in [5.41, 5.74) is 3.72. The Morgan fingerprint density at radius 2 is 2.09 bits per heavy atom. The van der Waals surface area contributed by atoms with E-state index in [9.17, 15) is 4.79 Å². The molecule has 124 valence electrons. The van der Waals surface area contributed by atoms with E-state index in [1.807, 2.05) is 12.1 Å². The zero-order valence-electron chi connectivity index (χ0n) is 14.2. The van der Waals surface area contributed by atoms with E-state index in [0.717, 1.165) is 12.2 Å². The van der Waals surface area contributed by atoms with Gasteiger partial charge < -0.3 is 14.1 Å². The first-order valence-corrected chi connectivity index (χ1v) is 7.95. The van der Waals surface area contributed by atoms with Gasteiger partial charge in [0.05, 0.1) is 19.4 Å². The number of benzene rings is 1. The minimum atomic E-state index is 0.124. The molecule has 0 fully saturated rings. The molecule has 0 aliphatic carbocycles. The molecule has 1 aromatic heterocycles. The molecule has 0 bridgehead atoms. The van der Waals surface area contributed by atoms with Crippen LogP contribution in [0.4, 0.5) is 0 Å². The van der Waals surface area contributed by atoms with E-state index < -0.39 is 0 Å². The molecule has 2 rings (SSSR count). The van der Waals surface area contributed by atoms with Gasteiger partial charge >= 0.3 is 0 Å². The van der Waals surface area contributed by atoms with Crippen LogP contribution in [0.5, 0.6) is 0 Å². The fraction of sp³-hybridized carbons (Fsp3) is 0.421. The van der Waals surface area contributed by atoms with Crippen molar-refractivity contribution >= 4 is 5.91 Å². The normalized spacial score (nSPS) is 10.7. The van der Waals surface area contributed by atoms with Gasteiger partial charge in [-0.1, -0.05) is 23.8 Å². The van der Waals surface area contributed by atoms with Crippen molar-refractivity contribution in [1.29, 1.82) is 0 Å². The van der Waals surface area contributed by atoms with Gasteiger partial charge in [0.15, 0.2) is 0 Å². The minimum absolute atomic E-state index is 0.124. The number of nitrogens with zero attached hydrogens (tertiary/aromatic N) is 1. The number of aryl methyl sites for hydroxylation is 3. The Balaban J connectivity index is 1.96. The predicted octanol–water partition coefficient (Wildman–Crippen LogP) is 3.50. The van der Waals surface area contributed by atoms with Gasteiger partial charge in [0.1, 0.15) is 5.76 Å². The molecule has 0 aliphatic rings. The van der Waals surface area contributed by atoms with Gasteiger partial charge in [-0.3, -0.25) is 4.79 Å². The summed E-state index contributed by atoms with van der Waals surface area (Å²) in [6, 6.07) is 10.1. The summed E-state index contributed by atoms with van der Waals surface area (Å²) in [6.07, 6.45) is 2.88. The van der Waals surface area contributed by atoms with E-state index in [1.165, 1.54) is 16.7 Å². The van der Waals surface area contributed by atoms with Gasteiger partial charge in [-0.2, -0.15) is 0 Å². The van der Waals surface area contributed by atoms with Crippen molar-refractivity contribution in [3.05, 3.63) is 59.0 Å². The van der Waals surface area contributed by atoms with E-state index in [0.29, 0.717) is 26.1 Å². The van der Waals surface area contributed by atoms with E-state index >= 15 is 0 Å². The fourth-order valence-electron chi connectivity index (χ4n) is 2.61. The first kappa shape index (κ1) is 17.3. The first-order chi connectivity index (χ1) is 11.1. The molecule has 2 aromatic rings. The largest absolute Gasteiger partial charge is 0.467 e. The van der Waals surface area contributed by atoms with Gasteiger partial charge in [-0.25, -0.2) is 0 Å². The number of carbonyl (C=O) groups excluding carboxylic acids is 1. The quantitative estimate of drug-likeness (QED) is 0.749. The molecule has 4 heteroatoms. The molecule has 0 spiro atoms. The Hall–Kier alpha value is -2.07. The van der Waals surface area contributed by atoms with Crippen LogP contribution in [0.3, 0.4) is 0 Å². The van der Waals surface area contributed by atoms with Crippen LogP contribution in [0.2, 0.25) is 0 Å². The highest BCUT2D eigenvalue weighted by atomic mass is 16.5. The Morgan fingerprint density at radius 3 is 2.74 bits per heavy atom. The van der Waals surface area contributed by atoms with Crippen molar-refractivity contribution in [3.8, 4) is 0 Å². The Morgan fingerprint density at radius 1 is 1.26 bits per heavy atom. The lowest BCUT2D eigenvalue weighted by atomic mass is 10.0. The second-order valence-electron chi connectivity index (χ2n) is 5.82. The van der Waals surface area contributed by atoms with Crippen LogP contribution in [0.15, 0.2) is 41.0 Å². The summed E-state index contributed by atoms with van der Waals surface area (Å²) < 4.78 is 10.5. The standard InChI is InChI=1S/C19H25NO3/c1-15-6-7-17(16(2)13-15)8-9-19(21)20(10-12-22-3)14-18-5-4-11-23-18/h4-7,11,13H,8-10,12,14H2,1-3H3. The molecule has 0 saturated carbocycles. The maximum atomic E-state index is 12.6. The summed E-state index contributed by atoms with van der Waals surface area (Å²) in [5.74, 6) is 0.916.